The van der Waals surface area contributed by atoms with Crippen molar-refractivity contribution in [2.45, 2.75) is 37.3 Å². The summed E-state index contributed by atoms with van der Waals surface area (Å²) in [6.07, 6.45) is -2.02. The number of hydrogen-bond acceptors (Lipinski definition) is 6. The minimum Gasteiger partial charge on any atom is -0.350 e. The predicted octanol–water partition coefficient (Wildman–Crippen LogP) is 4.29. The molecule has 0 radical (unpaired) electrons. The SMILES string of the molecule is CN1CCC(c2cc(N3CCC(F)(F)C3)nc(Nc3cc(C(F)(F)F)ccn3)n2)CC1. The summed E-state index contributed by atoms with van der Waals surface area (Å²) in [4.78, 5) is 16.4. The van der Waals surface area contributed by atoms with E-state index in [1.165, 1.54) is 4.90 Å². The molecular formula is C20H23F5N6. The molecule has 6 nitrogen and oxygen atoms in total. The third-order valence-electron chi connectivity index (χ3n) is 5.69. The Morgan fingerprint density at radius 2 is 1.84 bits per heavy atom. The molecule has 2 aliphatic rings. The maximum absolute atomic E-state index is 13.8. The molecule has 31 heavy (non-hydrogen) atoms. The lowest BCUT2D eigenvalue weighted by atomic mass is 9.93. The predicted molar refractivity (Wildman–Crippen MR) is 106 cm³/mol. The summed E-state index contributed by atoms with van der Waals surface area (Å²) < 4.78 is 66.6. The van der Waals surface area contributed by atoms with Crippen LogP contribution in [0.15, 0.2) is 24.4 Å². The van der Waals surface area contributed by atoms with Gasteiger partial charge in [-0.05, 0) is 45.1 Å². The molecule has 2 aliphatic heterocycles. The molecule has 2 saturated heterocycles. The van der Waals surface area contributed by atoms with Crippen LogP contribution >= 0.6 is 0 Å². The molecule has 11 heteroatoms. The number of hydrogen-bond donors (Lipinski definition) is 1. The van der Waals surface area contributed by atoms with Crippen LogP contribution in [0.5, 0.6) is 0 Å². The lowest BCUT2D eigenvalue weighted by Gasteiger charge is -2.29. The van der Waals surface area contributed by atoms with Gasteiger partial charge in [-0.2, -0.15) is 18.2 Å². The van der Waals surface area contributed by atoms with Gasteiger partial charge in [0.25, 0.3) is 5.92 Å². The smallest absolute Gasteiger partial charge is 0.350 e. The molecule has 0 aliphatic carbocycles. The van der Waals surface area contributed by atoms with Crippen LogP contribution in [0, 0.1) is 0 Å². The summed E-state index contributed by atoms with van der Waals surface area (Å²) in [6.45, 7) is 1.46. The second-order valence-corrected chi connectivity index (χ2v) is 8.13. The first-order valence-corrected chi connectivity index (χ1v) is 10.1. The van der Waals surface area contributed by atoms with Crippen LogP contribution in [-0.4, -0.2) is 59.0 Å². The third-order valence-corrected chi connectivity index (χ3v) is 5.69. The number of halogens is 5. The molecule has 0 bridgehead atoms. The van der Waals surface area contributed by atoms with Gasteiger partial charge < -0.3 is 15.1 Å². The summed E-state index contributed by atoms with van der Waals surface area (Å²) in [7, 11) is 2.03. The number of nitrogens with zero attached hydrogens (tertiary/aromatic N) is 5. The van der Waals surface area contributed by atoms with Crippen molar-refractivity contribution in [1.29, 1.82) is 0 Å². The quantitative estimate of drug-likeness (QED) is 0.713. The fourth-order valence-electron chi connectivity index (χ4n) is 3.91. The van der Waals surface area contributed by atoms with E-state index in [0.29, 0.717) is 11.5 Å². The minimum absolute atomic E-state index is 0.0495. The molecule has 2 fully saturated rings. The second-order valence-electron chi connectivity index (χ2n) is 8.13. The monoisotopic (exact) mass is 442 g/mol. The van der Waals surface area contributed by atoms with E-state index >= 15 is 0 Å². The zero-order valence-corrected chi connectivity index (χ0v) is 17.0. The van der Waals surface area contributed by atoms with Crippen molar-refractivity contribution in [3.8, 4) is 0 Å². The van der Waals surface area contributed by atoms with E-state index in [4.69, 9.17) is 0 Å². The molecule has 0 spiro atoms. The molecule has 1 N–H and O–H groups in total. The molecule has 168 valence electrons. The average molecular weight is 442 g/mol. The molecule has 0 saturated carbocycles. The molecule has 0 aromatic carbocycles. The molecule has 4 heterocycles. The Morgan fingerprint density at radius 3 is 2.48 bits per heavy atom. The van der Waals surface area contributed by atoms with Gasteiger partial charge in [-0.15, -0.1) is 0 Å². The fraction of sp³-hybridized carbons (Fsp3) is 0.550. The van der Waals surface area contributed by atoms with Crippen LogP contribution in [0.2, 0.25) is 0 Å². The maximum Gasteiger partial charge on any atom is 0.416 e. The highest BCUT2D eigenvalue weighted by Crippen LogP contribution is 2.34. The summed E-state index contributed by atoms with van der Waals surface area (Å²) in [5, 5.41) is 2.73. The highest BCUT2D eigenvalue weighted by Gasteiger charge is 2.39. The van der Waals surface area contributed by atoms with Crippen molar-refractivity contribution >= 4 is 17.6 Å². The van der Waals surface area contributed by atoms with Gasteiger partial charge >= 0.3 is 6.18 Å². The first kappa shape index (κ1) is 21.7. The zero-order valence-electron chi connectivity index (χ0n) is 17.0. The van der Waals surface area contributed by atoms with Gasteiger partial charge in [0.05, 0.1) is 17.8 Å². The van der Waals surface area contributed by atoms with Crippen molar-refractivity contribution in [2.24, 2.45) is 0 Å². The fourth-order valence-corrected chi connectivity index (χ4v) is 3.91. The van der Waals surface area contributed by atoms with Gasteiger partial charge in [-0.3, -0.25) is 0 Å². The molecule has 2 aromatic heterocycles. The van der Waals surface area contributed by atoms with E-state index in [0.717, 1.165) is 44.3 Å². The van der Waals surface area contributed by atoms with Gasteiger partial charge in [0.15, 0.2) is 0 Å². The molecular weight excluding hydrogens is 419 g/mol. The van der Waals surface area contributed by atoms with Crippen LogP contribution in [0.25, 0.3) is 0 Å². The van der Waals surface area contributed by atoms with E-state index in [1.54, 1.807) is 6.07 Å². The number of likely N-dealkylation sites (tertiary alicyclic amines) is 1. The second kappa shape index (κ2) is 8.18. The van der Waals surface area contributed by atoms with Crippen molar-refractivity contribution < 1.29 is 22.0 Å². The first-order valence-electron chi connectivity index (χ1n) is 10.1. The highest BCUT2D eigenvalue weighted by molar-refractivity contribution is 5.54. The van der Waals surface area contributed by atoms with Gasteiger partial charge in [0.2, 0.25) is 5.95 Å². The number of alkyl halides is 5. The Hall–Kier alpha value is -2.56. The summed E-state index contributed by atoms with van der Waals surface area (Å²) in [6, 6.07) is 3.47. The van der Waals surface area contributed by atoms with E-state index in [-0.39, 0.29) is 30.6 Å². The van der Waals surface area contributed by atoms with Gasteiger partial charge in [-0.1, -0.05) is 0 Å². The van der Waals surface area contributed by atoms with Crippen LogP contribution in [0.4, 0.5) is 39.5 Å². The number of anilines is 3. The summed E-state index contributed by atoms with van der Waals surface area (Å²) >= 11 is 0. The molecule has 0 unspecified atom stereocenters. The van der Waals surface area contributed by atoms with Crippen molar-refractivity contribution in [2.75, 3.05) is 43.4 Å². The topological polar surface area (TPSA) is 57.2 Å². The minimum atomic E-state index is -4.51. The van der Waals surface area contributed by atoms with Crippen molar-refractivity contribution in [3.63, 3.8) is 0 Å². The van der Waals surface area contributed by atoms with Crippen molar-refractivity contribution in [1.82, 2.24) is 19.9 Å². The number of rotatable bonds is 4. The standard InChI is InChI=1S/C20H23F5N6/c1-30-7-3-13(4-8-30)15-11-17(31-9-5-19(21,22)12-31)29-18(27-15)28-16-10-14(2-6-26-16)20(23,24)25/h2,6,10-11,13H,3-5,7-9,12H2,1H3,(H,26,27,28,29). The van der Waals surface area contributed by atoms with Gasteiger partial charge in [-0.25, -0.2) is 18.7 Å². The van der Waals surface area contributed by atoms with E-state index < -0.39 is 24.2 Å². The van der Waals surface area contributed by atoms with Gasteiger partial charge in [0, 0.05) is 31.1 Å². The number of pyridine rings is 1. The number of nitrogens with one attached hydrogen (secondary N) is 1. The van der Waals surface area contributed by atoms with E-state index in [2.05, 4.69) is 25.2 Å². The van der Waals surface area contributed by atoms with Crippen molar-refractivity contribution in [3.05, 3.63) is 35.7 Å². The summed E-state index contributed by atoms with van der Waals surface area (Å²) in [5.41, 5.74) is -0.154. The van der Waals surface area contributed by atoms with Crippen LogP contribution < -0.4 is 10.2 Å². The van der Waals surface area contributed by atoms with E-state index in [1.807, 2.05) is 7.05 Å². The zero-order chi connectivity index (χ0) is 22.2. The molecule has 0 amide bonds. The number of piperidine rings is 1. The largest absolute Gasteiger partial charge is 0.416 e. The van der Waals surface area contributed by atoms with Crippen LogP contribution in [0.1, 0.15) is 36.4 Å². The lowest BCUT2D eigenvalue weighted by molar-refractivity contribution is -0.137. The van der Waals surface area contributed by atoms with Crippen LogP contribution in [-0.2, 0) is 6.18 Å². The Bertz CT molecular complexity index is 927. The summed E-state index contributed by atoms with van der Waals surface area (Å²) in [5.74, 6) is -2.34. The first-order chi connectivity index (χ1) is 14.6. The maximum atomic E-state index is 13.8. The molecule has 4 rings (SSSR count). The molecule has 2 aromatic rings. The average Bonchev–Trinajstić information content (AvgIpc) is 3.08. The van der Waals surface area contributed by atoms with Gasteiger partial charge in [0.1, 0.15) is 11.6 Å². The Labute approximate surface area is 176 Å². The Balaban J connectivity index is 1.65. The number of aromatic nitrogens is 3. The third kappa shape index (κ3) is 5.20. The normalized spacial score (nSPS) is 20.3. The lowest BCUT2D eigenvalue weighted by Crippen LogP contribution is -2.30. The highest BCUT2D eigenvalue weighted by atomic mass is 19.4. The Kier molecular flexibility index (Phi) is 5.71. The van der Waals surface area contributed by atoms with Crippen LogP contribution in [0.3, 0.4) is 0 Å². The van der Waals surface area contributed by atoms with E-state index in [9.17, 15) is 22.0 Å². The Morgan fingerprint density at radius 1 is 1.10 bits per heavy atom. The molecule has 0 atom stereocenters.